The summed E-state index contributed by atoms with van der Waals surface area (Å²) >= 11 is 5.96. The number of anilines is 3. The molecule has 0 heterocycles. The van der Waals surface area contributed by atoms with Crippen LogP contribution >= 0.6 is 11.6 Å². The SMILES string of the molecule is Cc1ccc(Nc2cc(F)ccc2Cl)cc1N. The van der Waals surface area contributed by atoms with Crippen LogP contribution in [0.25, 0.3) is 0 Å². The Labute approximate surface area is 104 Å². The largest absolute Gasteiger partial charge is 0.398 e. The molecule has 0 amide bonds. The molecule has 2 rings (SSSR count). The highest BCUT2D eigenvalue weighted by Gasteiger charge is 2.03. The molecule has 0 saturated carbocycles. The number of aryl methyl sites for hydroxylation is 1. The third kappa shape index (κ3) is 2.68. The van der Waals surface area contributed by atoms with E-state index in [1.807, 2.05) is 19.1 Å². The second-order valence-electron chi connectivity index (χ2n) is 3.82. The van der Waals surface area contributed by atoms with Crippen LogP contribution in [0.1, 0.15) is 5.56 Å². The van der Waals surface area contributed by atoms with Crippen molar-refractivity contribution in [3.05, 3.63) is 52.8 Å². The van der Waals surface area contributed by atoms with Gasteiger partial charge >= 0.3 is 0 Å². The zero-order valence-electron chi connectivity index (χ0n) is 9.30. The minimum Gasteiger partial charge on any atom is -0.398 e. The summed E-state index contributed by atoms with van der Waals surface area (Å²) in [5, 5.41) is 3.49. The van der Waals surface area contributed by atoms with Gasteiger partial charge in [-0.15, -0.1) is 0 Å². The summed E-state index contributed by atoms with van der Waals surface area (Å²) in [6.45, 7) is 1.92. The van der Waals surface area contributed by atoms with Crippen LogP contribution in [0.5, 0.6) is 0 Å². The lowest BCUT2D eigenvalue weighted by Gasteiger charge is -2.10. The summed E-state index contributed by atoms with van der Waals surface area (Å²) in [4.78, 5) is 0. The maximum absolute atomic E-state index is 13.1. The van der Waals surface area contributed by atoms with Gasteiger partial charge in [0.25, 0.3) is 0 Å². The number of hydrogen-bond acceptors (Lipinski definition) is 2. The van der Waals surface area contributed by atoms with Crippen molar-refractivity contribution in [1.82, 2.24) is 0 Å². The van der Waals surface area contributed by atoms with Crippen molar-refractivity contribution in [2.45, 2.75) is 6.92 Å². The fraction of sp³-hybridized carbons (Fsp3) is 0.0769. The van der Waals surface area contributed by atoms with Crippen LogP contribution in [0.4, 0.5) is 21.5 Å². The van der Waals surface area contributed by atoms with Crippen molar-refractivity contribution in [3.8, 4) is 0 Å². The smallest absolute Gasteiger partial charge is 0.125 e. The second-order valence-corrected chi connectivity index (χ2v) is 4.23. The summed E-state index contributed by atoms with van der Waals surface area (Å²) in [5.41, 5.74) is 8.78. The molecule has 0 aliphatic carbocycles. The Hall–Kier alpha value is -1.74. The van der Waals surface area contributed by atoms with Crippen LogP contribution in [0.3, 0.4) is 0 Å². The zero-order valence-corrected chi connectivity index (χ0v) is 10.1. The summed E-state index contributed by atoms with van der Waals surface area (Å²) in [5.74, 6) is -0.336. The third-order valence-electron chi connectivity index (χ3n) is 2.49. The van der Waals surface area contributed by atoms with E-state index >= 15 is 0 Å². The number of nitrogens with one attached hydrogen (secondary N) is 1. The minimum absolute atomic E-state index is 0.336. The van der Waals surface area contributed by atoms with Gasteiger partial charge < -0.3 is 11.1 Å². The molecule has 0 saturated heterocycles. The Morgan fingerprint density at radius 3 is 2.65 bits per heavy atom. The quantitative estimate of drug-likeness (QED) is 0.787. The number of nitrogen functional groups attached to an aromatic ring is 1. The van der Waals surface area contributed by atoms with Crippen molar-refractivity contribution >= 4 is 28.7 Å². The molecule has 2 aromatic rings. The highest BCUT2D eigenvalue weighted by Crippen LogP contribution is 2.27. The van der Waals surface area contributed by atoms with Gasteiger partial charge in [-0.25, -0.2) is 4.39 Å². The average Bonchev–Trinajstić information content (AvgIpc) is 2.29. The van der Waals surface area contributed by atoms with Crippen LogP contribution in [-0.2, 0) is 0 Å². The Balaban J connectivity index is 2.31. The van der Waals surface area contributed by atoms with Gasteiger partial charge in [-0.05, 0) is 42.8 Å². The standard InChI is InChI=1S/C13H12ClFN2/c1-8-2-4-10(7-12(8)16)17-13-6-9(15)3-5-11(13)14/h2-7,17H,16H2,1H3. The lowest BCUT2D eigenvalue weighted by Crippen LogP contribution is -1.95. The van der Waals surface area contributed by atoms with Gasteiger partial charge in [0.05, 0.1) is 10.7 Å². The van der Waals surface area contributed by atoms with E-state index in [1.54, 1.807) is 6.07 Å². The van der Waals surface area contributed by atoms with E-state index in [4.69, 9.17) is 17.3 Å². The second kappa shape index (κ2) is 4.63. The summed E-state index contributed by atoms with van der Waals surface area (Å²) in [7, 11) is 0. The Morgan fingerprint density at radius 2 is 1.94 bits per heavy atom. The van der Waals surface area contributed by atoms with Crippen molar-refractivity contribution in [1.29, 1.82) is 0 Å². The Bertz CT molecular complexity index is 555. The minimum atomic E-state index is -0.336. The lowest BCUT2D eigenvalue weighted by atomic mass is 10.2. The number of benzene rings is 2. The topological polar surface area (TPSA) is 38.0 Å². The highest BCUT2D eigenvalue weighted by atomic mass is 35.5. The molecule has 2 nitrogen and oxygen atoms in total. The molecule has 3 N–H and O–H groups in total. The predicted molar refractivity (Wildman–Crippen MR) is 70.3 cm³/mol. The van der Waals surface area contributed by atoms with Gasteiger partial charge in [-0.2, -0.15) is 0 Å². The third-order valence-corrected chi connectivity index (χ3v) is 2.82. The average molecular weight is 251 g/mol. The van der Waals surface area contributed by atoms with Crippen LogP contribution in [0.15, 0.2) is 36.4 Å². The summed E-state index contributed by atoms with van der Waals surface area (Å²) in [6, 6.07) is 9.72. The van der Waals surface area contributed by atoms with E-state index in [9.17, 15) is 4.39 Å². The molecule has 0 spiro atoms. The Kier molecular flexibility index (Phi) is 3.20. The van der Waals surface area contributed by atoms with Crippen molar-refractivity contribution in [2.75, 3.05) is 11.1 Å². The van der Waals surface area contributed by atoms with E-state index in [2.05, 4.69) is 5.32 Å². The molecule has 2 aromatic carbocycles. The number of halogens is 2. The number of nitrogens with two attached hydrogens (primary N) is 1. The number of hydrogen-bond donors (Lipinski definition) is 2. The zero-order chi connectivity index (χ0) is 12.4. The molecule has 88 valence electrons. The fourth-order valence-electron chi connectivity index (χ4n) is 1.47. The molecule has 0 radical (unpaired) electrons. The monoisotopic (exact) mass is 250 g/mol. The van der Waals surface area contributed by atoms with Crippen molar-refractivity contribution < 1.29 is 4.39 Å². The molecule has 0 atom stereocenters. The van der Waals surface area contributed by atoms with Crippen LogP contribution in [0.2, 0.25) is 5.02 Å². The van der Waals surface area contributed by atoms with Crippen LogP contribution in [-0.4, -0.2) is 0 Å². The first-order valence-electron chi connectivity index (χ1n) is 5.14. The first kappa shape index (κ1) is 11.7. The van der Waals surface area contributed by atoms with Gasteiger partial charge in [0.15, 0.2) is 0 Å². The Morgan fingerprint density at radius 1 is 1.18 bits per heavy atom. The molecular weight excluding hydrogens is 239 g/mol. The van der Waals surface area contributed by atoms with Gasteiger partial charge in [-0.3, -0.25) is 0 Å². The summed E-state index contributed by atoms with van der Waals surface area (Å²) in [6.07, 6.45) is 0. The van der Waals surface area contributed by atoms with E-state index in [-0.39, 0.29) is 5.82 Å². The predicted octanol–water partition coefficient (Wildman–Crippen LogP) is 4.11. The molecule has 0 aromatic heterocycles. The van der Waals surface area contributed by atoms with E-state index in [0.717, 1.165) is 11.3 Å². The first-order valence-corrected chi connectivity index (χ1v) is 5.52. The number of rotatable bonds is 2. The van der Waals surface area contributed by atoms with Gasteiger partial charge in [0.1, 0.15) is 5.82 Å². The lowest BCUT2D eigenvalue weighted by molar-refractivity contribution is 0.628. The van der Waals surface area contributed by atoms with Gasteiger partial charge in [-0.1, -0.05) is 17.7 Å². The van der Waals surface area contributed by atoms with E-state index in [1.165, 1.54) is 18.2 Å². The highest BCUT2D eigenvalue weighted by molar-refractivity contribution is 6.33. The molecule has 17 heavy (non-hydrogen) atoms. The maximum Gasteiger partial charge on any atom is 0.125 e. The molecule has 0 fully saturated rings. The molecular formula is C13H12ClFN2. The van der Waals surface area contributed by atoms with Crippen LogP contribution in [0, 0.1) is 12.7 Å². The van der Waals surface area contributed by atoms with Gasteiger partial charge in [0, 0.05) is 11.4 Å². The normalized spacial score (nSPS) is 10.3. The first-order chi connectivity index (χ1) is 8.06. The maximum atomic E-state index is 13.1. The van der Waals surface area contributed by atoms with Gasteiger partial charge in [0.2, 0.25) is 0 Å². The molecule has 4 heteroatoms. The fourth-order valence-corrected chi connectivity index (χ4v) is 1.63. The summed E-state index contributed by atoms with van der Waals surface area (Å²) < 4.78 is 13.1. The van der Waals surface area contributed by atoms with Crippen molar-refractivity contribution in [2.24, 2.45) is 0 Å². The van der Waals surface area contributed by atoms with Crippen molar-refractivity contribution in [3.63, 3.8) is 0 Å². The molecule has 0 unspecified atom stereocenters. The molecule has 0 aliphatic rings. The molecule has 0 aliphatic heterocycles. The molecule has 0 bridgehead atoms. The van der Waals surface area contributed by atoms with Crippen LogP contribution < -0.4 is 11.1 Å². The van der Waals surface area contributed by atoms with E-state index < -0.39 is 0 Å². The van der Waals surface area contributed by atoms with E-state index in [0.29, 0.717) is 16.4 Å².